The SMILES string of the molecule is CCOC(=O)CN(c1cc(=O)[nH]c(CC)n1)C(C)C. The van der Waals surface area contributed by atoms with Crippen LogP contribution >= 0.6 is 0 Å². The maximum absolute atomic E-state index is 11.6. The molecule has 1 aromatic rings. The highest BCUT2D eigenvalue weighted by Gasteiger charge is 2.17. The summed E-state index contributed by atoms with van der Waals surface area (Å²) in [5, 5.41) is 0. The van der Waals surface area contributed by atoms with E-state index in [0.29, 0.717) is 24.7 Å². The Morgan fingerprint density at radius 3 is 2.68 bits per heavy atom. The Bertz CT molecular complexity index is 482. The summed E-state index contributed by atoms with van der Waals surface area (Å²) in [6.45, 7) is 7.98. The summed E-state index contributed by atoms with van der Waals surface area (Å²) in [5.41, 5.74) is -0.212. The van der Waals surface area contributed by atoms with Crippen LogP contribution in [0.1, 0.15) is 33.5 Å². The number of aryl methyl sites for hydroxylation is 1. The van der Waals surface area contributed by atoms with Gasteiger partial charge in [0.05, 0.1) is 6.61 Å². The quantitative estimate of drug-likeness (QED) is 0.781. The van der Waals surface area contributed by atoms with E-state index in [2.05, 4.69) is 9.97 Å². The van der Waals surface area contributed by atoms with Crippen molar-refractivity contribution in [2.24, 2.45) is 0 Å². The predicted octanol–water partition coefficient (Wildman–Crippen LogP) is 1.11. The number of anilines is 1. The van der Waals surface area contributed by atoms with E-state index < -0.39 is 0 Å². The molecule has 6 heteroatoms. The van der Waals surface area contributed by atoms with Crippen molar-refractivity contribution in [2.75, 3.05) is 18.1 Å². The van der Waals surface area contributed by atoms with Gasteiger partial charge in [0, 0.05) is 18.5 Å². The standard InChI is InChI=1S/C13H21N3O3/c1-5-10-14-11(7-12(17)15-10)16(9(3)4)8-13(18)19-6-2/h7,9H,5-6,8H2,1-4H3,(H,14,15,17). The summed E-state index contributed by atoms with van der Waals surface area (Å²) in [6, 6.07) is 1.45. The average molecular weight is 267 g/mol. The lowest BCUT2D eigenvalue weighted by Crippen LogP contribution is -2.38. The summed E-state index contributed by atoms with van der Waals surface area (Å²) in [5.74, 6) is 0.789. The van der Waals surface area contributed by atoms with Crippen LogP contribution < -0.4 is 10.5 Å². The van der Waals surface area contributed by atoms with Crippen molar-refractivity contribution in [3.05, 3.63) is 22.2 Å². The van der Waals surface area contributed by atoms with Gasteiger partial charge in [0.1, 0.15) is 18.2 Å². The van der Waals surface area contributed by atoms with Crippen LogP contribution in [-0.4, -0.2) is 35.1 Å². The molecule has 1 heterocycles. The number of carbonyl (C=O) groups is 1. The van der Waals surface area contributed by atoms with E-state index in [1.54, 1.807) is 11.8 Å². The molecule has 0 saturated carbocycles. The average Bonchev–Trinajstić information content (AvgIpc) is 2.35. The third-order valence-corrected chi connectivity index (χ3v) is 2.63. The van der Waals surface area contributed by atoms with Crippen LogP contribution in [0.5, 0.6) is 0 Å². The van der Waals surface area contributed by atoms with Gasteiger partial charge in [-0.15, -0.1) is 0 Å². The third-order valence-electron chi connectivity index (χ3n) is 2.63. The monoisotopic (exact) mass is 267 g/mol. The normalized spacial score (nSPS) is 10.6. The Morgan fingerprint density at radius 2 is 2.16 bits per heavy atom. The lowest BCUT2D eigenvalue weighted by Gasteiger charge is -2.26. The fourth-order valence-electron chi connectivity index (χ4n) is 1.68. The van der Waals surface area contributed by atoms with Crippen LogP contribution in [0.15, 0.2) is 10.9 Å². The Kier molecular flexibility index (Phi) is 5.54. The molecule has 0 aliphatic rings. The van der Waals surface area contributed by atoms with Crippen LogP contribution in [0, 0.1) is 0 Å². The molecule has 0 radical (unpaired) electrons. The van der Waals surface area contributed by atoms with Crippen molar-refractivity contribution in [2.45, 2.75) is 40.2 Å². The smallest absolute Gasteiger partial charge is 0.325 e. The third kappa shape index (κ3) is 4.39. The number of nitrogens with zero attached hydrogens (tertiary/aromatic N) is 2. The molecule has 0 amide bonds. The van der Waals surface area contributed by atoms with Crippen molar-refractivity contribution in [1.82, 2.24) is 9.97 Å². The first-order chi connectivity index (χ1) is 8.97. The maximum Gasteiger partial charge on any atom is 0.325 e. The van der Waals surface area contributed by atoms with Gasteiger partial charge >= 0.3 is 5.97 Å². The van der Waals surface area contributed by atoms with Crippen LogP contribution in [0.4, 0.5) is 5.82 Å². The minimum atomic E-state index is -0.323. The largest absolute Gasteiger partial charge is 0.465 e. The maximum atomic E-state index is 11.6. The predicted molar refractivity (Wildman–Crippen MR) is 73.4 cm³/mol. The minimum Gasteiger partial charge on any atom is -0.465 e. The van der Waals surface area contributed by atoms with E-state index >= 15 is 0 Å². The topological polar surface area (TPSA) is 75.3 Å². The number of rotatable bonds is 6. The first kappa shape index (κ1) is 15.2. The number of esters is 1. The molecule has 106 valence electrons. The van der Waals surface area contributed by atoms with Gasteiger partial charge in [-0.1, -0.05) is 6.92 Å². The lowest BCUT2D eigenvalue weighted by atomic mass is 10.3. The molecule has 19 heavy (non-hydrogen) atoms. The highest BCUT2D eigenvalue weighted by atomic mass is 16.5. The Hall–Kier alpha value is -1.85. The number of hydrogen-bond acceptors (Lipinski definition) is 5. The number of nitrogens with one attached hydrogen (secondary N) is 1. The van der Waals surface area contributed by atoms with E-state index in [9.17, 15) is 9.59 Å². The Balaban J connectivity index is 3.02. The second kappa shape index (κ2) is 6.92. The van der Waals surface area contributed by atoms with E-state index in [0.717, 1.165) is 0 Å². The first-order valence-corrected chi connectivity index (χ1v) is 6.50. The van der Waals surface area contributed by atoms with Crippen molar-refractivity contribution in [1.29, 1.82) is 0 Å². The molecule has 1 rings (SSSR count). The molecule has 0 aliphatic carbocycles. The van der Waals surface area contributed by atoms with Crippen LogP contribution in [0.3, 0.4) is 0 Å². The second-order valence-electron chi connectivity index (χ2n) is 4.43. The molecule has 0 aliphatic heterocycles. The summed E-state index contributed by atoms with van der Waals surface area (Å²) in [4.78, 5) is 31.9. The Morgan fingerprint density at radius 1 is 1.47 bits per heavy atom. The highest BCUT2D eigenvalue weighted by Crippen LogP contribution is 2.12. The molecule has 0 spiro atoms. The van der Waals surface area contributed by atoms with Crippen LogP contribution in [0.2, 0.25) is 0 Å². The molecular formula is C13H21N3O3. The molecule has 0 aromatic carbocycles. The number of aromatic nitrogens is 2. The molecular weight excluding hydrogens is 246 g/mol. The molecule has 0 bridgehead atoms. The number of aromatic amines is 1. The fourth-order valence-corrected chi connectivity index (χ4v) is 1.68. The highest BCUT2D eigenvalue weighted by molar-refractivity contribution is 5.75. The Labute approximate surface area is 112 Å². The van der Waals surface area contributed by atoms with Gasteiger partial charge < -0.3 is 14.6 Å². The van der Waals surface area contributed by atoms with Gasteiger partial charge in [0.2, 0.25) is 0 Å². The second-order valence-corrected chi connectivity index (χ2v) is 4.43. The molecule has 0 atom stereocenters. The summed E-state index contributed by atoms with van der Waals surface area (Å²) in [7, 11) is 0. The summed E-state index contributed by atoms with van der Waals surface area (Å²) >= 11 is 0. The van der Waals surface area contributed by atoms with E-state index in [1.807, 2.05) is 20.8 Å². The molecule has 0 fully saturated rings. The molecule has 0 unspecified atom stereocenters. The van der Waals surface area contributed by atoms with Gasteiger partial charge in [0.15, 0.2) is 0 Å². The van der Waals surface area contributed by atoms with Gasteiger partial charge in [-0.3, -0.25) is 9.59 Å². The van der Waals surface area contributed by atoms with Crippen molar-refractivity contribution in [3.63, 3.8) is 0 Å². The molecule has 0 saturated heterocycles. The van der Waals surface area contributed by atoms with Gasteiger partial charge in [-0.25, -0.2) is 4.98 Å². The zero-order chi connectivity index (χ0) is 14.4. The number of carbonyl (C=O) groups excluding carboxylic acids is 1. The minimum absolute atomic E-state index is 0.0448. The summed E-state index contributed by atoms with van der Waals surface area (Å²) in [6.07, 6.45) is 0.633. The van der Waals surface area contributed by atoms with Crippen molar-refractivity contribution < 1.29 is 9.53 Å². The zero-order valence-corrected chi connectivity index (χ0v) is 11.9. The fraction of sp³-hybridized carbons (Fsp3) is 0.615. The van der Waals surface area contributed by atoms with Crippen LogP contribution in [-0.2, 0) is 16.0 Å². The van der Waals surface area contributed by atoms with Gasteiger partial charge in [-0.2, -0.15) is 0 Å². The van der Waals surface area contributed by atoms with E-state index in [-0.39, 0.29) is 24.1 Å². The first-order valence-electron chi connectivity index (χ1n) is 6.50. The number of hydrogen-bond donors (Lipinski definition) is 1. The lowest BCUT2D eigenvalue weighted by molar-refractivity contribution is -0.141. The van der Waals surface area contributed by atoms with E-state index in [1.165, 1.54) is 6.07 Å². The van der Waals surface area contributed by atoms with Crippen LogP contribution in [0.25, 0.3) is 0 Å². The summed E-state index contributed by atoms with van der Waals surface area (Å²) < 4.78 is 4.94. The number of H-pyrrole nitrogens is 1. The van der Waals surface area contributed by atoms with Crippen molar-refractivity contribution in [3.8, 4) is 0 Å². The van der Waals surface area contributed by atoms with Gasteiger partial charge in [0.25, 0.3) is 5.56 Å². The van der Waals surface area contributed by atoms with E-state index in [4.69, 9.17) is 4.74 Å². The molecule has 6 nitrogen and oxygen atoms in total. The number of ether oxygens (including phenoxy) is 1. The molecule has 1 N–H and O–H groups in total. The van der Waals surface area contributed by atoms with Crippen molar-refractivity contribution >= 4 is 11.8 Å². The molecule has 1 aromatic heterocycles. The van der Waals surface area contributed by atoms with Gasteiger partial charge in [-0.05, 0) is 20.8 Å². The zero-order valence-electron chi connectivity index (χ0n) is 11.9.